The number of hydrogen-bond acceptors (Lipinski definition) is 1. The molecule has 1 heteroatoms. The molecule has 112 valence electrons. The molecule has 2 aromatic carbocycles. The minimum absolute atomic E-state index is 0.699. The van der Waals surface area contributed by atoms with Gasteiger partial charge in [-0.1, -0.05) is 49.9 Å². The molecule has 1 aliphatic heterocycles. The molecule has 1 aliphatic carbocycles. The molecular formula is C21H23N. The van der Waals surface area contributed by atoms with E-state index in [9.17, 15) is 0 Å². The summed E-state index contributed by atoms with van der Waals surface area (Å²) in [6.07, 6.45) is 3.65. The van der Waals surface area contributed by atoms with Gasteiger partial charge in [0.1, 0.15) is 0 Å². The zero-order valence-corrected chi connectivity index (χ0v) is 13.3. The predicted molar refractivity (Wildman–Crippen MR) is 92.8 cm³/mol. The van der Waals surface area contributed by atoms with Crippen LogP contribution in [0.1, 0.15) is 47.1 Å². The van der Waals surface area contributed by atoms with E-state index in [1.54, 1.807) is 0 Å². The Hall–Kier alpha value is -2.02. The first-order chi connectivity index (χ1) is 10.7. The van der Waals surface area contributed by atoms with E-state index in [-0.39, 0.29) is 0 Å². The molecule has 0 saturated carbocycles. The van der Waals surface area contributed by atoms with E-state index in [4.69, 9.17) is 0 Å². The van der Waals surface area contributed by atoms with Crippen molar-refractivity contribution >= 4 is 5.70 Å². The van der Waals surface area contributed by atoms with Crippen LogP contribution in [0.2, 0.25) is 0 Å². The van der Waals surface area contributed by atoms with E-state index >= 15 is 0 Å². The molecule has 1 heterocycles. The Kier molecular flexibility index (Phi) is 3.29. The maximum absolute atomic E-state index is 4.40. The van der Waals surface area contributed by atoms with E-state index in [1.807, 2.05) is 0 Å². The number of hydrogen-bond donors (Lipinski definition) is 0. The highest BCUT2D eigenvalue weighted by molar-refractivity contribution is 5.64. The lowest BCUT2D eigenvalue weighted by molar-refractivity contribution is 0.374. The molecule has 0 N–H and O–H groups in total. The summed E-state index contributed by atoms with van der Waals surface area (Å²) in [4.78, 5) is 2.43. The summed E-state index contributed by atoms with van der Waals surface area (Å²) >= 11 is 0. The lowest BCUT2D eigenvalue weighted by atomic mass is 9.96. The molecule has 1 nitrogen and oxygen atoms in total. The molecule has 0 spiro atoms. The molecule has 0 amide bonds. The molecule has 1 unspecified atom stereocenters. The zero-order chi connectivity index (χ0) is 15.1. The van der Waals surface area contributed by atoms with Gasteiger partial charge >= 0.3 is 0 Å². The topological polar surface area (TPSA) is 3.24 Å². The Balaban J connectivity index is 1.59. The molecule has 4 rings (SSSR count). The Morgan fingerprint density at radius 3 is 2.73 bits per heavy atom. The number of benzene rings is 2. The molecule has 0 saturated heterocycles. The third-order valence-electron chi connectivity index (χ3n) is 5.37. The molecule has 2 aromatic rings. The fraction of sp³-hybridized carbons (Fsp3) is 0.333. The lowest BCUT2D eigenvalue weighted by Crippen LogP contribution is -2.28. The standard InChI is InChI=1S/C21H23N/c1-15-7-8-18-9-10-19(13-21(15)18)16(2)22-12-11-17-5-3-4-6-20(17)14-22/h3-6,9-10,13,15H,2,7-8,11-12,14H2,1H3. The van der Waals surface area contributed by atoms with Crippen LogP contribution in [0.4, 0.5) is 0 Å². The molecule has 0 fully saturated rings. The van der Waals surface area contributed by atoms with Gasteiger partial charge in [-0.2, -0.15) is 0 Å². The van der Waals surface area contributed by atoms with Crippen LogP contribution in [0.5, 0.6) is 0 Å². The summed E-state index contributed by atoms with van der Waals surface area (Å²) in [5.74, 6) is 0.699. The predicted octanol–water partition coefficient (Wildman–Crippen LogP) is 4.77. The molecule has 1 atom stereocenters. The Labute approximate surface area is 133 Å². The minimum Gasteiger partial charge on any atom is -0.367 e. The van der Waals surface area contributed by atoms with Crippen LogP contribution in [-0.4, -0.2) is 11.4 Å². The Morgan fingerprint density at radius 1 is 1.05 bits per heavy atom. The number of nitrogens with zero attached hydrogens (tertiary/aromatic N) is 1. The zero-order valence-electron chi connectivity index (χ0n) is 13.3. The van der Waals surface area contributed by atoms with Crippen LogP contribution in [0.15, 0.2) is 49.0 Å². The smallest absolute Gasteiger partial charge is 0.0432 e. The van der Waals surface area contributed by atoms with E-state index in [2.05, 4.69) is 60.9 Å². The van der Waals surface area contributed by atoms with Gasteiger partial charge in [0.15, 0.2) is 0 Å². The van der Waals surface area contributed by atoms with Gasteiger partial charge in [-0.05, 0) is 59.1 Å². The van der Waals surface area contributed by atoms with Crippen LogP contribution in [0, 0.1) is 0 Å². The van der Waals surface area contributed by atoms with E-state index in [0.717, 1.165) is 19.5 Å². The van der Waals surface area contributed by atoms with Crippen molar-refractivity contribution in [3.05, 3.63) is 76.9 Å². The SMILES string of the molecule is C=C(c1ccc2c(c1)C(C)CC2)N1CCc2ccccc2C1. The van der Waals surface area contributed by atoms with Crippen molar-refractivity contribution < 1.29 is 0 Å². The van der Waals surface area contributed by atoms with Crippen LogP contribution in [0.25, 0.3) is 5.70 Å². The normalized spacial score (nSPS) is 19.7. The minimum atomic E-state index is 0.699. The highest BCUT2D eigenvalue weighted by Gasteiger charge is 2.21. The fourth-order valence-electron chi connectivity index (χ4n) is 3.90. The third kappa shape index (κ3) is 2.25. The summed E-state index contributed by atoms with van der Waals surface area (Å²) < 4.78 is 0. The van der Waals surface area contributed by atoms with Gasteiger partial charge in [-0.25, -0.2) is 0 Å². The van der Waals surface area contributed by atoms with Gasteiger partial charge in [0.05, 0.1) is 0 Å². The van der Waals surface area contributed by atoms with Crippen LogP contribution in [-0.2, 0) is 19.4 Å². The van der Waals surface area contributed by atoms with E-state index < -0.39 is 0 Å². The monoisotopic (exact) mass is 289 g/mol. The Morgan fingerprint density at radius 2 is 1.86 bits per heavy atom. The van der Waals surface area contributed by atoms with Gasteiger partial charge in [-0.15, -0.1) is 0 Å². The van der Waals surface area contributed by atoms with Gasteiger partial charge < -0.3 is 4.90 Å². The molecule has 0 bridgehead atoms. The van der Waals surface area contributed by atoms with Gasteiger partial charge in [0.25, 0.3) is 0 Å². The molecule has 0 aromatic heterocycles. The average Bonchev–Trinajstić information content (AvgIpc) is 2.94. The number of aryl methyl sites for hydroxylation is 1. The first-order valence-electron chi connectivity index (χ1n) is 8.36. The quantitative estimate of drug-likeness (QED) is 0.770. The molecule has 2 aliphatic rings. The first-order valence-corrected chi connectivity index (χ1v) is 8.36. The van der Waals surface area contributed by atoms with Gasteiger partial charge in [0, 0.05) is 18.8 Å². The average molecular weight is 289 g/mol. The molecule has 22 heavy (non-hydrogen) atoms. The summed E-state index contributed by atoms with van der Waals surface area (Å²) in [7, 11) is 0. The summed E-state index contributed by atoms with van der Waals surface area (Å²) in [6, 6.07) is 15.8. The van der Waals surface area contributed by atoms with Crippen LogP contribution in [0.3, 0.4) is 0 Å². The second-order valence-electron chi connectivity index (χ2n) is 6.74. The van der Waals surface area contributed by atoms with Crippen molar-refractivity contribution in [2.45, 2.75) is 38.6 Å². The highest BCUT2D eigenvalue weighted by Crippen LogP contribution is 2.35. The highest BCUT2D eigenvalue weighted by atomic mass is 15.1. The van der Waals surface area contributed by atoms with Crippen LogP contribution < -0.4 is 0 Å². The second-order valence-corrected chi connectivity index (χ2v) is 6.74. The maximum Gasteiger partial charge on any atom is 0.0432 e. The summed E-state index contributed by atoms with van der Waals surface area (Å²) in [5.41, 5.74) is 8.49. The summed E-state index contributed by atoms with van der Waals surface area (Å²) in [5, 5.41) is 0. The van der Waals surface area contributed by atoms with Crippen molar-refractivity contribution in [2.24, 2.45) is 0 Å². The van der Waals surface area contributed by atoms with Crippen molar-refractivity contribution in [1.82, 2.24) is 4.90 Å². The molecule has 0 radical (unpaired) electrons. The first kappa shape index (κ1) is 13.6. The number of rotatable bonds is 2. The van der Waals surface area contributed by atoms with Crippen molar-refractivity contribution in [1.29, 1.82) is 0 Å². The number of fused-ring (bicyclic) bond motifs is 2. The van der Waals surface area contributed by atoms with Gasteiger partial charge in [0.2, 0.25) is 0 Å². The van der Waals surface area contributed by atoms with Crippen molar-refractivity contribution in [3.63, 3.8) is 0 Å². The largest absolute Gasteiger partial charge is 0.367 e. The van der Waals surface area contributed by atoms with E-state index in [0.29, 0.717) is 5.92 Å². The fourth-order valence-corrected chi connectivity index (χ4v) is 3.90. The van der Waals surface area contributed by atoms with Crippen molar-refractivity contribution in [3.8, 4) is 0 Å². The summed E-state index contributed by atoms with van der Waals surface area (Å²) in [6.45, 7) is 8.80. The Bertz CT molecular complexity index is 728. The molecular weight excluding hydrogens is 266 g/mol. The third-order valence-corrected chi connectivity index (χ3v) is 5.37. The van der Waals surface area contributed by atoms with Crippen molar-refractivity contribution in [2.75, 3.05) is 6.54 Å². The van der Waals surface area contributed by atoms with E-state index in [1.165, 1.54) is 46.4 Å². The second kappa shape index (κ2) is 5.31. The van der Waals surface area contributed by atoms with Gasteiger partial charge in [-0.3, -0.25) is 0 Å². The lowest BCUT2D eigenvalue weighted by Gasteiger charge is -2.32. The maximum atomic E-state index is 4.40. The van der Waals surface area contributed by atoms with Crippen LogP contribution >= 0.6 is 0 Å².